The Kier molecular flexibility index (Phi) is 2.50. The minimum Gasteiger partial charge on any atom is -0.328 e. The second-order valence-electron chi connectivity index (χ2n) is 4.00. The molecule has 1 aromatic carbocycles. The van der Waals surface area contributed by atoms with Gasteiger partial charge >= 0.3 is 0 Å². The molecule has 76 valence electrons. The summed E-state index contributed by atoms with van der Waals surface area (Å²) >= 11 is 5.95. The normalized spacial score (nSPS) is 27.4. The van der Waals surface area contributed by atoms with E-state index in [9.17, 15) is 4.39 Å². The molecule has 1 aliphatic carbocycles. The molecule has 1 aromatic rings. The summed E-state index contributed by atoms with van der Waals surface area (Å²) in [6, 6.07) is 4.94. The van der Waals surface area contributed by atoms with Crippen molar-refractivity contribution in [1.82, 2.24) is 0 Å². The predicted molar refractivity (Wildman–Crippen MR) is 55.9 cm³/mol. The average molecular weight is 214 g/mol. The van der Waals surface area contributed by atoms with Crippen LogP contribution in [-0.4, -0.2) is 6.04 Å². The second kappa shape index (κ2) is 3.52. The first kappa shape index (κ1) is 9.94. The zero-order valence-corrected chi connectivity index (χ0v) is 8.76. The first-order valence-corrected chi connectivity index (χ1v) is 5.18. The molecule has 2 N–H and O–H groups in total. The van der Waals surface area contributed by atoms with E-state index in [0.29, 0.717) is 16.5 Å². The minimum absolute atomic E-state index is 0.121. The predicted octanol–water partition coefficient (Wildman–Crippen LogP) is 2.93. The standard InChI is InChI=1S/C11H13ClFN/c1-6(14)7-5-8(7)11-9(12)3-2-4-10(11)13/h2-4,6-8H,5,14H2,1H3/t6-,7+,8+/m1/s1. The number of hydrogen-bond donors (Lipinski definition) is 1. The van der Waals surface area contributed by atoms with Crippen LogP contribution in [0, 0.1) is 11.7 Å². The Morgan fingerprint density at radius 2 is 2.29 bits per heavy atom. The Labute approximate surface area is 88.1 Å². The molecule has 0 heterocycles. The van der Waals surface area contributed by atoms with E-state index < -0.39 is 0 Å². The maximum Gasteiger partial charge on any atom is 0.128 e. The van der Waals surface area contributed by atoms with Gasteiger partial charge in [0.2, 0.25) is 0 Å². The van der Waals surface area contributed by atoms with Gasteiger partial charge in [0.15, 0.2) is 0 Å². The van der Waals surface area contributed by atoms with Crippen LogP contribution < -0.4 is 5.73 Å². The summed E-state index contributed by atoms with van der Waals surface area (Å²) < 4.78 is 13.5. The molecule has 0 unspecified atom stereocenters. The molecule has 0 spiro atoms. The van der Waals surface area contributed by atoms with Gasteiger partial charge < -0.3 is 5.73 Å². The molecule has 0 bridgehead atoms. The van der Waals surface area contributed by atoms with Gasteiger partial charge in [0.05, 0.1) is 0 Å². The molecule has 0 radical (unpaired) electrons. The van der Waals surface area contributed by atoms with Gasteiger partial charge in [0, 0.05) is 16.6 Å². The van der Waals surface area contributed by atoms with Crippen molar-refractivity contribution in [2.24, 2.45) is 11.7 Å². The van der Waals surface area contributed by atoms with Crippen LogP contribution in [0.5, 0.6) is 0 Å². The lowest BCUT2D eigenvalue weighted by Crippen LogP contribution is -2.18. The Balaban J connectivity index is 2.26. The van der Waals surface area contributed by atoms with E-state index in [0.717, 1.165) is 6.42 Å². The molecule has 1 nitrogen and oxygen atoms in total. The lowest BCUT2D eigenvalue weighted by Gasteiger charge is -2.06. The van der Waals surface area contributed by atoms with Gasteiger partial charge in [-0.2, -0.15) is 0 Å². The van der Waals surface area contributed by atoms with Crippen molar-refractivity contribution in [2.45, 2.75) is 25.3 Å². The van der Waals surface area contributed by atoms with E-state index in [4.69, 9.17) is 17.3 Å². The molecule has 1 saturated carbocycles. The number of hydrogen-bond acceptors (Lipinski definition) is 1. The van der Waals surface area contributed by atoms with Crippen LogP contribution >= 0.6 is 11.6 Å². The highest BCUT2D eigenvalue weighted by atomic mass is 35.5. The summed E-state index contributed by atoms with van der Waals surface area (Å²) in [7, 11) is 0. The summed E-state index contributed by atoms with van der Waals surface area (Å²) in [5, 5.41) is 0.526. The highest BCUT2D eigenvalue weighted by molar-refractivity contribution is 6.31. The van der Waals surface area contributed by atoms with Crippen LogP contribution in [0.2, 0.25) is 5.02 Å². The molecule has 0 saturated heterocycles. The van der Waals surface area contributed by atoms with Gasteiger partial charge in [0.1, 0.15) is 5.82 Å². The van der Waals surface area contributed by atoms with E-state index in [2.05, 4.69) is 0 Å². The number of halogens is 2. The van der Waals surface area contributed by atoms with Crippen molar-refractivity contribution in [3.8, 4) is 0 Å². The molecular formula is C11H13ClFN. The third kappa shape index (κ3) is 1.64. The van der Waals surface area contributed by atoms with E-state index in [-0.39, 0.29) is 17.8 Å². The van der Waals surface area contributed by atoms with E-state index in [1.54, 1.807) is 12.1 Å². The molecule has 3 atom stereocenters. The van der Waals surface area contributed by atoms with Gasteiger partial charge in [-0.3, -0.25) is 0 Å². The van der Waals surface area contributed by atoms with Gasteiger partial charge in [-0.15, -0.1) is 0 Å². The molecular weight excluding hydrogens is 201 g/mol. The Morgan fingerprint density at radius 1 is 1.57 bits per heavy atom. The summed E-state index contributed by atoms with van der Waals surface area (Å²) in [4.78, 5) is 0. The Bertz CT molecular complexity index is 331. The van der Waals surface area contributed by atoms with E-state index >= 15 is 0 Å². The van der Waals surface area contributed by atoms with Crippen molar-refractivity contribution in [3.05, 3.63) is 34.6 Å². The first-order valence-electron chi connectivity index (χ1n) is 4.80. The van der Waals surface area contributed by atoms with Crippen molar-refractivity contribution in [2.75, 3.05) is 0 Å². The lowest BCUT2D eigenvalue weighted by molar-refractivity contribution is 0.589. The lowest BCUT2D eigenvalue weighted by atomic mass is 10.1. The third-order valence-corrected chi connectivity index (χ3v) is 3.22. The van der Waals surface area contributed by atoms with Crippen molar-refractivity contribution >= 4 is 11.6 Å². The fraction of sp³-hybridized carbons (Fsp3) is 0.455. The molecule has 0 amide bonds. The smallest absolute Gasteiger partial charge is 0.128 e. The molecule has 1 aliphatic rings. The van der Waals surface area contributed by atoms with E-state index in [1.807, 2.05) is 6.92 Å². The van der Waals surface area contributed by atoms with Crippen molar-refractivity contribution in [3.63, 3.8) is 0 Å². The fourth-order valence-electron chi connectivity index (χ4n) is 1.99. The van der Waals surface area contributed by atoms with Crippen molar-refractivity contribution < 1.29 is 4.39 Å². The van der Waals surface area contributed by atoms with Crippen LogP contribution in [0.1, 0.15) is 24.8 Å². The second-order valence-corrected chi connectivity index (χ2v) is 4.41. The summed E-state index contributed by atoms with van der Waals surface area (Å²) in [6.07, 6.45) is 0.957. The molecule has 0 aliphatic heterocycles. The highest BCUT2D eigenvalue weighted by Crippen LogP contribution is 2.51. The number of benzene rings is 1. The zero-order valence-electron chi connectivity index (χ0n) is 8.00. The van der Waals surface area contributed by atoms with Crippen molar-refractivity contribution in [1.29, 1.82) is 0 Å². The van der Waals surface area contributed by atoms with Crippen LogP contribution in [0.3, 0.4) is 0 Å². The summed E-state index contributed by atoms with van der Waals surface area (Å²) in [5.41, 5.74) is 6.41. The topological polar surface area (TPSA) is 26.0 Å². The first-order chi connectivity index (χ1) is 6.61. The van der Waals surface area contributed by atoms with Gasteiger partial charge in [-0.25, -0.2) is 4.39 Å². The van der Waals surface area contributed by atoms with E-state index in [1.165, 1.54) is 6.07 Å². The van der Waals surface area contributed by atoms with Gasteiger partial charge in [0.25, 0.3) is 0 Å². The summed E-state index contributed by atoms with van der Waals surface area (Å²) in [6.45, 7) is 1.96. The largest absolute Gasteiger partial charge is 0.328 e. The fourth-order valence-corrected chi connectivity index (χ4v) is 2.30. The monoisotopic (exact) mass is 213 g/mol. The van der Waals surface area contributed by atoms with Gasteiger partial charge in [-0.1, -0.05) is 17.7 Å². The Hall–Kier alpha value is -0.600. The van der Waals surface area contributed by atoms with Crippen LogP contribution in [0.25, 0.3) is 0 Å². The maximum absolute atomic E-state index is 13.5. The third-order valence-electron chi connectivity index (χ3n) is 2.89. The SMILES string of the molecule is C[C@@H](N)[C@@H]1C[C@@H]1c1c(F)cccc1Cl. The van der Waals surface area contributed by atoms with Crippen LogP contribution in [0.15, 0.2) is 18.2 Å². The molecule has 3 heteroatoms. The number of nitrogens with two attached hydrogens (primary N) is 1. The highest BCUT2D eigenvalue weighted by Gasteiger charge is 2.43. The average Bonchev–Trinajstić information content (AvgIpc) is 2.83. The molecule has 1 fully saturated rings. The zero-order chi connectivity index (χ0) is 10.3. The van der Waals surface area contributed by atoms with Crippen LogP contribution in [-0.2, 0) is 0 Å². The maximum atomic E-state index is 13.5. The molecule has 0 aromatic heterocycles. The minimum atomic E-state index is -0.203. The molecule has 14 heavy (non-hydrogen) atoms. The summed E-state index contributed by atoms with van der Waals surface area (Å²) in [5.74, 6) is 0.416. The van der Waals surface area contributed by atoms with Crippen LogP contribution in [0.4, 0.5) is 4.39 Å². The number of rotatable bonds is 2. The quantitative estimate of drug-likeness (QED) is 0.803. The Morgan fingerprint density at radius 3 is 2.79 bits per heavy atom. The molecule has 2 rings (SSSR count). The van der Waals surface area contributed by atoms with Gasteiger partial charge in [-0.05, 0) is 37.3 Å².